The number of pyridine rings is 1. The largest absolute Gasteiger partial charge is 0.574 e. The average Bonchev–Trinajstić information content (AvgIpc) is 2.13. The van der Waals surface area contributed by atoms with E-state index in [4.69, 9.17) is 0 Å². The smallest absolute Gasteiger partial charge is 0.387 e. The van der Waals surface area contributed by atoms with Gasteiger partial charge in [-0.3, -0.25) is 0 Å². The van der Waals surface area contributed by atoms with Gasteiger partial charge in [0.1, 0.15) is 5.82 Å². The summed E-state index contributed by atoms with van der Waals surface area (Å²) in [5.74, 6) is -2.96. The highest BCUT2D eigenvalue weighted by atomic mass is 79.9. The van der Waals surface area contributed by atoms with E-state index in [9.17, 15) is 30.7 Å². The Bertz CT molecular complexity index is 442. The van der Waals surface area contributed by atoms with Crippen LogP contribution in [0.2, 0.25) is 0 Å². The Kier molecular flexibility index (Phi) is 4.08. The minimum Gasteiger partial charge on any atom is -0.387 e. The molecule has 10 heteroatoms. The molecule has 0 atom stereocenters. The Balaban J connectivity index is 3.33. The molecule has 0 N–H and O–H groups in total. The van der Waals surface area contributed by atoms with Crippen molar-refractivity contribution in [1.82, 2.24) is 4.98 Å². The molecule has 0 aromatic carbocycles. The SMILES string of the molecule is Fc1cc(C(F)(F)F)nc(OC(F)(F)F)c1CBr. The van der Waals surface area contributed by atoms with Crippen LogP contribution in [0.25, 0.3) is 0 Å². The Hall–Kier alpha value is -1.06. The highest BCUT2D eigenvalue weighted by molar-refractivity contribution is 9.08. The maximum Gasteiger partial charge on any atom is 0.574 e. The molecular formula is C8H3BrF7NO. The van der Waals surface area contributed by atoms with E-state index in [0.717, 1.165) is 0 Å². The molecule has 2 nitrogen and oxygen atoms in total. The minimum atomic E-state index is -5.26. The summed E-state index contributed by atoms with van der Waals surface area (Å²) in [7, 11) is 0. The topological polar surface area (TPSA) is 22.1 Å². The van der Waals surface area contributed by atoms with Gasteiger partial charge in [-0.25, -0.2) is 9.37 Å². The Morgan fingerprint density at radius 3 is 2.11 bits per heavy atom. The number of hydrogen-bond donors (Lipinski definition) is 0. The van der Waals surface area contributed by atoms with Crippen LogP contribution in [-0.4, -0.2) is 11.3 Å². The summed E-state index contributed by atoms with van der Waals surface area (Å²) in [6, 6.07) is -0.000171. The molecule has 0 unspecified atom stereocenters. The zero-order valence-electron chi connectivity index (χ0n) is 8.16. The predicted molar refractivity (Wildman–Crippen MR) is 48.5 cm³/mol. The van der Waals surface area contributed by atoms with Gasteiger partial charge in [0.2, 0.25) is 5.88 Å². The first-order valence-electron chi connectivity index (χ1n) is 4.13. The lowest BCUT2D eigenvalue weighted by Gasteiger charge is -2.14. The predicted octanol–water partition coefficient (Wildman–Crippen LogP) is 4.03. The third-order valence-corrected chi connectivity index (χ3v) is 2.23. The van der Waals surface area contributed by atoms with Crippen molar-refractivity contribution in [2.45, 2.75) is 17.9 Å². The fourth-order valence-electron chi connectivity index (χ4n) is 0.979. The average molecular weight is 342 g/mol. The molecule has 1 aromatic heterocycles. The van der Waals surface area contributed by atoms with E-state index in [0.29, 0.717) is 0 Å². The first-order chi connectivity index (χ1) is 8.04. The van der Waals surface area contributed by atoms with Crippen LogP contribution in [-0.2, 0) is 11.5 Å². The number of alkyl halides is 7. The van der Waals surface area contributed by atoms with Gasteiger partial charge in [-0.1, -0.05) is 15.9 Å². The maximum absolute atomic E-state index is 13.2. The second-order valence-electron chi connectivity index (χ2n) is 2.95. The summed E-state index contributed by atoms with van der Waals surface area (Å²) < 4.78 is 89.0. The van der Waals surface area contributed by atoms with Crippen molar-refractivity contribution < 1.29 is 35.5 Å². The highest BCUT2D eigenvalue weighted by Gasteiger charge is 2.38. The number of nitrogens with zero attached hydrogens (tertiary/aromatic N) is 1. The molecule has 0 radical (unpaired) electrons. The molecular weight excluding hydrogens is 339 g/mol. The third kappa shape index (κ3) is 3.72. The molecule has 0 spiro atoms. The van der Waals surface area contributed by atoms with E-state index in [1.807, 2.05) is 0 Å². The summed E-state index contributed by atoms with van der Waals surface area (Å²) >= 11 is 2.63. The van der Waals surface area contributed by atoms with Crippen LogP contribution < -0.4 is 4.74 Å². The van der Waals surface area contributed by atoms with Crippen molar-refractivity contribution in [3.8, 4) is 5.88 Å². The lowest BCUT2D eigenvalue weighted by Crippen LogP contribution is -2.21. The zero-order chi connectivity index (χ0) is 14.1. The third-order valence-electron chi connectivity index (χ3n) is 1.67. The van der Waals surface area contributed by atoms with E-state index >= 15 is 0 Å². The molecule has 0 fully saturated rings. The van der Waals surface area contributed by atoms with E-state index in [-0.39, 0.29) is 6.07 Å². The van der Waals surface area contributed by atoms with E-state index in [2.05, 4.69) is 25.7 Å². The van der Waals surface area contributed by atoms with Gasteiger partial charge < -0.3 is 4.74 Å². The number of aromatic nitrogens is 1. The molecule has 0 saturated carbocycles. The Morgan fingerprint density at radius 1 is 1.17 bits per heavy atom. The maximum atomic E-state index is 13.2. The van der Waals surface area contributed by atoms with Crippen LogP contribution in [0, 0.1) is 5.82 Å². The monoisotopic (exact) mass is 341 g/mol. The van der Waals surface area contributed by atoms with Gasteiger partial charge in [-0.05, 0) is 0 Å². The van der Waals surface area contributed by atoms with Crippen LogP contribution in [0.15, 0.2) is 6.07 Å². The van der Waals surface area contributed by atoms with Gasteiger partial charge in [0.05, 0.1) is 5.56 Å². The molecule has 1 rings (SSSR count). The molecule has 0 bridgehead atoms. The molecule has 18 heavy (non-hydrogen) atoms. The van der Waals surface area contributed by atoms with Gasteiger partial charge in [0.25, 0.3) is 0 Å². The van der Waals surface area contributed by atoms with Crippen molar-refractivity contribution >= 4 is 15.9 Å². The molecule has 0 aliphatic carbocycles. The van der Waals surface area contributed by atoms with Crippen molar-refractivity contribution in [1.29, 1.82) is 0 Å². The van der Waals surface area contributed by atoms with Gasteiger partial charge >= 0.3 is 12.5 Å². The van der Waals surface area contributed by atoms with Gasteiger partial charge in [-0.15, -0.1) is 13.2 Å². The molecule has 0 saturated heterocycles. The Morgan fingerprint density at radius 2 is 1.72 bits per heavy atom. The molecule has 102 valence electrons. The molecule has 0 aliphatic heterocycles. The lowest BCUT2D eigenvalue weighted by molar-refractivity contribution is -0.276. The molecule has 0 aliphatic rings. The second-order valence-corrected chi connectivity index (χ2v) is 3.51. The summed E-state index contributed by atoms with van der Waals surface area (Å²) in [4.78, 5) is 2.62. The summed E-state index contributed by atoms with van der Waals surface area (Å²) in [5, 5.41) is -0.477. The second kappa shape index (κ2) is 4.90. The summed E-state index contributed by atoms with van der Waals surface area (Å²) in [6.07, 6.45) is -10.3. The van der Waals surface area contributed by atoms with Crippen molar-refractivity contribution in [3.05, 3.63) is 23.1 Å². The van der Waals surface area contributed by atoms with Gasteiger partial charge in [0, 0.05) is 11.4 Å². The van der Waals surface area contributed by atoms with E-state index < -0.39 is 40.8 Å². The summed E-state index contributed by atoms with van der Waals surface area (Å²) in [6.45, 7) is 0. The zero-order valence-corrected chi connectivity index (χ0v) is 9.75. The highest BCUT2D eigenvalue weighted by Crippen LogP contribution is 2.34. The van der Waals surface area contributed by atoms with Crippen molar-refractivity contribution in [2.75, 3.05) is 0 Å². The first kappa shape index (κ1) is 15.0. The van der Waals surface area contributed by atoms with Crippen LogP contribution in [0.5, 0.6) is 5.88 Å². The lowest BCUT2D eigenvalue weighted by atomic mass is 10.2. The van der Waals surface area contributed by atoms with Crippen molar-refractivity contribution in [3.63, 3.8) is 0 Å². The number of halogens is 8. The van der Waals surface area contributed by atoms with Crippen LogP contribution in [0.4, 0.5) is 30.7 Å². The van der Waals surface area contributed by atoms with Crippen LogP contribution >= 0.6 is 15.9 Å². The van der Waals surface area contributed by atoms with Crippen LogP contribution in [0.3, 0.4) is 0 Å². The summed E-state index contributed by atoms with van der Waals surface area (Å²) in [5.41, 5.74) is -2.55. The van der Waals surface area contributed by atoms with Gasteiger partial charge in [-0.2, -0.15) is 13.2 Å². The van der Waals surface area contributed by atoms with E-state index in [1.165, 1.54) is 0 Å². The Labute approximate surface area is 104 Å². The van der Waals surface area contributed by atoms with Crippen LogP contribution in [0.1, 0.15) is 11.3 Å². The fourth-order valence-corrected chi connectivity index (χ4v) is 1.49. The quantitative estimate of drug-likeness (QED) is 0.598. The normalized spacial score (nSPS) is 12.7. The molecule has 1 heterocycles. The number of ether oxygens (including phenoxy) is 1. The number of rotatable bonds is 2. The first-order valence-corrected chi connectivity index (χ1v) is 5.25. The molecule has 1 aromatic rings. The fraction of sp³-hybridized carbons (Fsp3) is 0.375. The van der Waals surface area contributed by atoms with Gasteiger partial charge in [0.15, 0.2) is 5.69 Å². The standard InChI is InChI=1S/C8H3BrF7NO/c9-2-3-4(10)1-5(7(11,12)13)17-6(3)18-8(14,15)16/h1H,2H2. The number of hydrogen-bond acceptors (Lipinski definition) is 2. The minimum absolute atomic E-state index is 0.000171. The van der Waals surface area contributed by atoms with Crippen molar-refractivity contribution in [2.24, 2.45) is 0 Å². The molecule has 0 amide bonds. The van der Waals surface area contributed by atoms with E-state index in [1.54, 1.807) is 0 Å².